The molecule has 14 heteroatoms. The summed E-state index contributed by atoms with van der Waals surface area (Å²) in [6, 6.07) is -0.371. The van der Waals surface area contributed by atoms with Gasteiger partial charge in [-0.25, -0.2) is 9.48 Å². The van der Waals surface area contributed by atoms with Crippen LogP contribution in [-0.4, -0.2) is 45.2 Å². The number of nitrogens with zero attached hydrogens (tertiary/aromatic N) is 4. The molecular formula is C22H26Cl5N5O4. The second kappa shape index (κ2) is 10.6. The predicted molar refractivity (Wildman–Crippen MR) is 137 cm³/mol. The van der Waals surface area contributed by atoms with E-state index < -0.39 is 42.9 Å². The number of hydrogen-bond donors (Lipinski definition) is 1. The molecule has 198 valence electrons. The first-order valence-electron chi connectivity index (χ1n) is 11.7. The zero-order chi connectivity index (χ0) is 26.4. The molecule has 0 radical (unpaired) electrons. The van der Waals surface area contributed by atoms with E-state index in [1.54, 1.807) is 0 Å². The van der Waals surface area contributed by atoms with Crippen LogP contribution in [0.5, 0.6) is 0 Å². The van der Waals surface area contributed by atoms with E-state index in [0.717, 1.165) is 19.0 Å². The first-order chi connectivity index (χ1) is 16.8. The number of halogens is 5. The topological polar surface area (TPSA) is 124 Å². The van der Waals surface area contributed by atoms with Gasteiger partial charge in [0.1, 0.15) is 6.20 Å². The summed E-state index contributed by atoms with van der Waals surface area (Å²) >= 11 is 32.1. The zero-order valence-electron chi connectivity index (χ0n) is 19.6. The molecule has 0 spiro atoms. The standard InChI is InChI=1S/C22H26Cl5N5O4/c1-21(2,16-13(23)7-10(8-14(16)24)32-20(35)29-15(33)9-28-32)19-30-17(36-31-19)11-5-3-4-6-12(11)22(26,27)18(25)34/h9-14,16H,3-8H2,1-2H3,(H,29,33,35). The maximum Gasteiger partial charge on any atom is 0.345 e. The monoisotopic (exact) mass is 599 g/mol. The van der Waals surface area contributed by atoms with Gasteiger partial charge in [0.25, 0.3) is 10.8 Å². The summed E-state index contributed by atoms with van der Waals surface area (Å²) in [5, 5.41) is 6.49. The van der Waals surface area contributed by atoms with E-state index in [1.807, 2.05) is 13.8 Å². The number of carbonyl (C=O) groups is 1. The Kier molecular flexibility index (Phi) is 8.18. The number of aromatic nitrogens is 5. The summed E-state index contributed by atoms with van der Waals surface area (Å²) in [6.45, 7) is 3.88. The summed E-state index contributed by atoms with van der Waals surface area (Å²) in [6.07, 6.45) is 4.92. The van der Waals surface area contributed by atoms with Crippen LogP contribution in [0.2, 0.25) is 0 Å². The predicted octanol–water partition coefficient (Wildman–Crippen LogP) is 4.67. The Labute approximate surface area is 232 Å². The molecule has 9 nitrogen and oxygen atoms in total. The van der Waals surface area contributed by atoms with Crippen LogP contribution >= 0.6 is 58.0 Å². The van der Waals surface area contributed by atoms with E-state index in [1.165, 1.54) is 4.68 Å². The van der Waals surface area contributed by atoms with Crippen molar-refractivity contribution in [1.29, 1.82) is 0 Å². The van der Waals surface area contributed by atoms with Gasteiger partial charge in [-0.15, -0.1) is 23.2 Å². The van der Waals surface area contributed by atoms with Crippen LogP contribution in [0.4, 0.5) is 0 Å². The molecule has 2 saturated carbocycles. The number of aromatic amines is 1. The Morgan fingerprint density at radius 1 is 1.14 bits per heavy atom. The fourth-order valence-electron chi connectivity index (χ4n) is 5.66. The minimum atomic E-state index is -1.76. The quantitative estimate of drug-likeness (QED) is 0.377. The third-order valence-electron chi connectivity index (χ3n) is 7.52. The highest BCUT2D eigenvalue weighted by Crippen LogP contribution is 2.50. The van der Waals surface area contributed by atoms with Gasteiger partial charge >= 0.3 is 5.69 Å². The zero-order valence-corrected chi connectivity index (χ0v) is 23.4. The number of hydrogen-bond acceptors (Lipinski definition) is 7. The normalized spacial score (nSPS) is 29.8. The Balaban J connectivity index is 1.57. The van der Waals surface area contributed by atoms with E-state index in [2.05, 4.69) is 15.2 Å². The number of carbonyl (C=O) groups excluding carboxylic acids is 1. The number of alkyl halides is 4. The molecule has 0 aliphatic heterocycles. The summed E-state index contributed by atoms with van der Waals surface area (Å²) in [7, 11) is 0. The van der Waals surface area contributed by atoms with Gasteiger partial charge in [-0.05, 0) is 37.3 Å². The molecule has 1 N–H and O–H groups in total. The van der Waals surface area contributed by atoms with Crippen LogP contribution in [0.15, 0.2) is 20.3 Å². The van der Waals surface area contributed by atoms with Crippen LogP contribution in [0, 0.1) is 11.8 Å². The average Bonchev–Trinajstić information content (AvgIpc) is 3.29. The van der Waals surface area contributed by atoms with Crippen LogP contribution in [-0.2, 0) is 10.2 Å². The molecule has 0 bridgehead atoms. The molecule has 2 fully saturated rings. The van der Waals surface area contributed by atoms with Gasteiger partial charge in [-0.1, -0.05) is 55.0 Å². The lowest BCUT2D eigenvalue weighted by Gasteiger charge is -2.43. The van der Waals surface area contributed by atoms with Gasteiger partial charge < -0.3 is 4.52 Å². The summed E-state index contributed by atoms with van der Waals surface area (Å²) in [5.41, 5.74) is -1.87. The SMILES string of the molecule is CC(C)(c1noc(C2CCCCC2C(Cl)(Cl)C(=O)Cl)n1)C1C(Cl)CC(n2ncc(=O)[nH]c2=O)CC1Cl. The van der Waals surface area contributed by atoms with Gasteiger partial charge in [-0.2, -0.15) is 10.1 Å². The molecule has 0 amide bonds. The molecule has 2 aliphatic rings. The highest BCUT2D eigenvalue weighted by atomic mass is 35.5. The Morgan fingerprint density at radius 2 is 1.78 bits per heavy atom. The first-order valence-corrected chi connectivity index (χ1v) is 13.7. The van der Waals surface area contributed by atoms with E-state index in [4.69, 9.17) is 67.5 Å². The summed E-state index contributed by atoms with van der Waals surface area (Å²) < 4.78 is 5.12. The maximum atomic E-state index is 12.2. The molecule has 36 heavy (non-hydrogen) atoms. The van der Waals surface area contributed by atoms with Gasteiger partial charge in [0, 0.05) is 33.9 Å². The molecule has 4 unspecified atom stereocenters. The lowest BCUT2D eigenvalue weighted by atomic mass is 9.69. The van der Waals surface area contributed by atoms with Crippen molar-refractivity contribution >= 4 is 63.2 Å². The van der Waals surface area contributed by atoms with E-state index in [9.17, 15) is 14.4 Å². The second-order valence-electron chi connectivity index (χ2n) is 10.1. The van der Waals surface area contributed by atoms with Crippen molar-refractivity contribution in [3.8, 4) is 0 Å². The summed E-state index contributed by atoms with van der Waals surface area (Å²) in [4.78, 5) is 42.4. The summed E-state index contributed by atoms with van der Waals surface area (Å²) in [5.74, 6) is -0.279. The maximum absolute atomic E-state index is 12.2. The molecule has 2 heterocycles. The van der Waals surface area contributed by atoms with Crippen molar-refractivity contribution in [3.05, 3.63) is 38.8 Å². The van der Waals surface area contributed by atoms with Crippen LogP contribution < -0.4 is 11.2 Å². The van der Waals surface area contributed by atoms with Crippen LogP contribution in [0.1, 0.15) is 76.0 Å². The van der Waals surface area contributed by atoms with Gasteiger partial charge in [0.05, 0.1) is 6.04 Å². The third-order valence-corrected chi connectivity index (χ3v) is 9.81. The molecule has 0 saturated heterocycles. The third kappa shape index (κ3) is 5.23. The van der Waals surface area contributed by atoms with Gasteiger partial charge in [0.15, 0.2) is 10.2 Å². The van der Waals surface area contributed by atoms with Gasteiger partial charge in [0.2, 0.25) is 5.89 Å². The van der Waals surface area contributed by atoms with Crippen molar-refractivity contribution in [2.45, 2.75) is 84.8 Å². The average molecular weight is 602 g/mol. The fourth-order valence-corrected chi connectivity index (χ4v) is 7.79. The molecule has 4 atom stereocenters. The number of nitrogens with one attached hydrogen (secondary N) is 1. The lowest BCUT2D eigenvalue weighted by Crippen LogP contribution is -2.48. The molecule has 2 aromatic heterocycles. The fraction of sp³-hybridized carbons (Fsp3) is 0.727. The molecule has 0 aromatic carbocycles. The Bertz CT molecular complexity index is 1220. The smallest absolute Gasteiger partial charge is 0.339 e. The van der Waals surface area contributed by atoms with Crippen molar-refractivity contribution in [2.75, 3.05) is 0 Å². The van der Waals surface area contributed by atoms with Crippen LogP contribution in [0.3, 0.4) is 0 Å². The largest absolute Gasteiger partial charge is 0.345 e. The van der Waals surface area contributed by atoms with Crippen molar-refractivity contribution < 1.29 is 9.32 Å². The highest BCUT2D eigenvalue weighted by Gasteiger charge is 2.51. The van der Waals surface area contributed by atoms with Gasteiger partial charge in [-0.3, -0.25) is 14.6 Å². The second-order valence-corrected chi connectivity index (χ2v) is 13.0. The Hall–Kier alpha value is -1.13. The molecule has 4 rings (SSSR count). The first kappa shape index (κ1) is 27.9. The molecular weight excluding hydrogens is 576 g/mol. The molecule has 2 aromatic rings. The highest BCUT2D eigenvalue weighted by molar-refractivity contribution is 6.78. The minimum absolute atomic E-state index is 0.271. The van der Waals surface area contributed by atoms with Crippen molar-refractivity contribution in [2.24, 2.45) is 11.8 Å². The number of rotatable bonds is 6. The van der Waals surface area contributed by atoms with E-state index in [0.29, 0.717) is 37.4 Å². The number of H-pyrrole nitrogens is 1. The van der Waals surface area contributed by atoms with Crippen LogP contribution in [0.25, 0.3) is 0 Å². The molecule has 2 aliphatic carbocycles. The minimum Gasteiger partial charge on any atom is -0.339 e. The van der Waals surface area contributed by atoms with E-state index in [-0.39, 0.29) is 17.9 Å². The van der Waals surface area contributed by atoms with Crippen molar-refractivity contribution in [3.63, 3.8) is 0 Å². The van der Waals surface area contributed by atoms with E-state index >= 15 is 0 Å². The lowest BCUT2D eigenvalue weighted by molar-refractivity contribution is -0.113. The Morgan fingerprint density at radius 3 is 2.39 bits per heavy atom. The van der Waals surface area contributed by atoms with Crippen molar-refractivity contribution in [1.82, 2.24) is 24.9 Å².